The summed E-state index contributed by atoms with van der Waals surface area (Å²) in [5.74, 6) is -1.01. The molecule has 1 aromatic rings. The standard InChI is InChI=1S/C10H13N3O3/c14-9-3-2-8(10(15)16)13(9)7-6-12-5-1-4-11-12/h1,4-5,8H,2-3,6-7H2,(H,15,16). The van der Waals surface area contributed by atoms with Gasteiger partial charge in [-0.25, -0.2) is 4.79 Å². The van der Waals surface area contributed by atoms with Crippen molar-refractivity contribution >= 4 is 11.9 Å². The molecule has 1 aliphatic heterocycles. The van der Waals surface area contributed by atoms with Crippen LogP contribution < -0.4 is 0 Å². The van der Waals surface area contributed by atoms with Crippen molar-refractivity contribution in [1.29, 1.82) is 0 Å². The number of likely N-dealkylation sites (tertiary alicyclic amines) is 1. The molecule has 0 radical (unpaired) electrons. The maximum absolute atomic E-state index is 11.5. The van der Waals surface area contributed by atoms with E-state index in [2.05, 4.69) is 5.10 Å². The number of amides is 1. The molecule has 0 spiro atoms. The van der Waals surface area contributed by atoms with Gasteiger partial charge in [-0.3, -0.25) is 9.48 Å². The van der Waals surface area contributed by atoms with E-state index in [0.29, 0.717) is 25.9 Å². The zero-order valence-electron chi connectivity index (χ0n) is 8.74. The Bertz CT molecular complexity index is 388. The van der Waals surface area contributed by atoms with Gasteiger partial charge in [-0.05, 0) is 12.5 Å². The highest BCUT2D eigenvalue weighted by Gasteiger charge is 2.35. The zero-order chi connectivity index (χ0) is 11.5. The minimum Gasteiger partial charge on any atom is -0.480 e. The maximum atomic E-state index is 11.5. The van der Waals surface area contributed by atoms with E-state index in [9.17, 15) is 9.59 Å². The van der Waals surface area contributed by atoms with Gasteiger partial charge in [-0.2, -0.15) is 5.10 Å². The van der Waals surface area contributed by atoms with Crippen molar-refractivity contribution in [2.24, 2.45) is 0 Å². The summed E-state index contributed by atoms with van der Waals surface area (Å²) in [7, 11) is 0. The van der Waals surface area contributed by atoms with Crippen LogP contribution in [0.25, 0.3) is 0 Å². The predicted octanol–water partition coefficient (Wildman–Crippen LogP) is -0.0413. The van der Waals surface area contributed by atoms with Gasteiger partial charge in [-0.1, -0.05) is 0 Å². The fourth-order valence-electron chi connectivity index (χ4n) is 1.91. The molecule has 6 heteroatoms. The first-order valence-corrected chi connectivity index (χ1v) is 5.18. The fraction of sp³-hybridized carbons (Fsp3) is 0.500. The number of carbonyl (C=O) groups excluding carboxylic acids is 1. The Morgan fingerprint density at radius 2 is 2.38 bits per heavy atom. The lowest BCUT2D eigenvalue weighted by molar-refractivity contribution is -0.146. The average molecular weight is 223 g/mol. The van der Waals surface area contributed by atoms with Crippen LogP contribution in [0.15, 0.2) is 18.5 Å². The van der Waals surface area contributed by atoms with Gasteiger partial charge < -0.3 is 10.0 Å². The third-order valence-corrected chi connectivity index (χ3v) is 2.74. The van der Waals surface area contributed by atoms with Gasteiger partial charge in [0.2, 0.25) is 5.91 Å². The molecule has 16 heavy (non-hydrogen) atoms. The number of hydrogen-bond acceptors (Lipinski definition) is 3. The second-order valence-electron chi connectivity index (χ2n) is 3.75. The third kappa shape index (κ3) is 2.05. The van der Waals surface area contributed by atoms with Crippen LogP contribution in [0.2, 0.25) is 0 Å². The van der Waals surface area contributed by atoms with Crippen molar-refractivity contribution < 1.29 is 14.7 Å². The molecule has 2 rings (SSSR count). The number of rotatable bonds is 4. The molecule has 0 saturated carbocycles. The van der Waals surface area contributed by atoms with Crippen molar-refractivity contribution in [1.82, 2.24) is 14.7 Å². The second-order valence-corrected chi connectivity index (χ2v) is 3.75. The first-order valence-electron chi connectivity index (χ1n) is 5.18. The number of carboxylic acid groups (broad SMARTS) is 1. The molecule has 1 amide bonds. The van der Waals surface area contributed by atoms with Gasteiger partial charge in [0.15, 0.2) is 0 Å². The van der Waals surface area contributed by atoms with Crippen LogP contribution >= 0.6 is 0 Å². The molecular formula is C10H13N3O3. The number of hydrogen-bond donors (Lipinski definition) is 1. The van der Waals surface area contributed by atoms with Crippen LogP contribution in [0.1, 0.15) is 12.8 Å². The maximum Gasteiger partial charge on any atom is 0.326 e. The number of carbonyl (C=O) groups is 2. The normalized spacial score (nSPS) is 20.4. The molecule has 0 aromatic carbocycles. The monoisotopic (exact) mass is 223 g/mol. The van der Waals surface area contributed by atoms with Crippen molar-refractivity contribution in [3.63, 3.8) is 0 Å². The molecule has 1 N–H and O–H groups in total. The zero-order valence-corrected chi connectivity index (χ0v) is 8.74. The molecule has 1 unspecified atom stereocenters. The minimum absolute atomic E-state index is 0.0837. The Balaban J connectivity index is 1.96. The molecule has 0 bridgehead atoms. The highest BCUT2D eigenvalue weighted by molar-refractivity contribution is 5.87. The minimum atomic E-state index is -0.925. The van der Waals surface area contributed by atoms with Gasteiger partial charge in [0.1, 0.15) is 6.04 Å². The lowest BCUT2D eigenvalue weighted by Crippen LogP contribution is -2.40. The summed E-state index contributed by atoms with van der Waals surface area (Å²) in [5.41, 5.74) is 0. The Morgan fingerprint density at radius 3 is 3.00 bits per heavy atom. The topological polar surface area (TPSA) is 75.4 Å². The van der Waals surface area contributed by atoms with Gasteiger partial charge >= 0.3 is 5.97 Å². The number of aromatic nitrogens is 2. The summed E-state index contributed by atoms with van der Waals surface area (Å²) in [5, 5.41) is 12.9. The molecule has 6 nitrogen and oxygen atoms in total. The molecule has 1 aromatic heterocycles. The second kappa shape index (κ2) is 4.34. The van der Waals surface area contributed by atoms with Crippen molar-refractivity contribution in [3.8, 4) is 0 Å². The van der Waals surface area contributed by atoms with E-state index < -0.39 is 12.0 Å². The van der Waals surface area contributed by atoms with Crippen LogP contribution in [-0.2, 0) is 16.1 Å². The Labute approximate surface area is 92.5 Å². The molecule has 1 aliphatic rings. The predicted molar refractivity (Wildman–Crippen MR) is 54.6 cm³/mol. The van der Waals surface area contributed by atoms with Gasteiger partial charge in [-0.15, -0.1) is 0 Å². The number of aliphatic carboxylic acids is 1. The molecule has 1 saturated heterocycles. The summed E-state index contributed by atoms with van der Waals surface area (Å²) < 4.78 is 1.69. The van der Waals surface area contributed by atoms with Crippen LogP contribution in [0.3, 0.4) is 0 Å². The average Bonchev–Trinajstić information content (AvgIpc) is 2.84. The lowest BCUT2D eigenvalue weighted by Gasteiger charge is -2.21. The molecule has 2 heterocycles. The summed E-state index contributed by atoms with van der Waals surface area (Å²) in [4.78, 5) is 23.8. The summed E-state index contributed by atoms with van der Waals surface area (Å²) in [6.07, 6.45) is 4.18. The van der Waals surface area contributed by atoms with Crippen molar-refractivity contribution in [2.45, 2.75) is 25.4 Å². The molecule has 86 valence electrons. The largest absolute Gasteiger partial charge is 0.480 e. The Kier molecular flexibility index (Phi) is 2.89. The Morgan fingerprint density at radius 1 is 1.56 bits per heavy atom. The Hall–Kier alpha value is -1.85. The van der Waals surface area contributed by atoms with Crippen LogP contribution in [0.5, 0.6) is 0 Å². The summed E-state index contributed by atoms with van der Waals surface area (Å²) >= 11 is 0. The fourth-order valence-corrected chi connectivity index (χ4v) is 1.91. The van der Waals surface area contributed by atoms with Crippen molar-refractivity contribution in [2.75, 3.05) is 6.54 Å². The summed E-state index contributed by atoms with van der Waals surface area (Å²) in [6, 6.07) is 1.13. The molecule has 1 atom stereocenters. The third-order valence-electron chi connectivity index (χ3n) is 2.74. The van der Waals surface area contributed by atoms with E-state index in [0.717, 1.165) is 0 Å². The first kappa shape index (κ1) is 10.7. The molecule has 0 aliphatic carbocycles. The SMILES string of the molecule is O=C(O)C1CCC(=O)N1CCn1cccn1. The van der Waals surface area contributed by atoms with Gasteiger partial charge in [0.25, 0.3) is 0 Å². The van der Waals surface area contributed by atoms with E-state index in [-0.39, 0.29) is 5.91 Å². The number of nitrogens with zero attached hydrogens (tertiary/aromatic N) is 3. The molecule has 1 fully saturated rings. The first-order chi connectivity index (χ1) is 7.68. The highest BCUT2D eigenvalue weighted by Crippen LogP contribution is 2.18. The lowest BCUT2D eigenvalue weighted by atomic mass is 10.2. The molecular weight excluding hydrogens is 210 g/mol. The quantitative estimate of drug-likeness (QED) is 0.777. The van der Waals surface area contributed by atoms with E-state index in [1.807, 2.05) is 0 Å². The van der Waals surface area contributed by atoms with Crippen molar-refractivity contribution in [3.05, 3.63) is 18.5 Å². The van der Waals surface area contributed by atoms with E-state index in [1.165, 1.54) is 4.90 Å². The smallest absolute Gasteiger partial charge is 0.326 e. The number of carboxylic acids is 1. The van der Waals surface area contributed by atoms with E-state index in [4.69, 9.17) is 5.11 Å². The van der Waals surface area contributed by atoms with Gasteiger partial charge in [0, 0.05) is 25.4 Å². The van der Waals surface area contributed by atoms with Crippen LogP contribution in [0.4, 0.5) is 0 Å². The van der Waals surface area contributed by atoms with Gasteiger partial charge in [0.05, 0.1) is 6.54 Å². The summed E-state index contributed by atoms with van der Waals surface area (Å²) in [6.45, 7) is 0.931. The van der Waals surface area contributed by atoms with E-state index in [1.54, 1.807) is 23.1 Å². The van der Waals surface area contributed by atoms with Crippen LogP contribution in [0, 0.1) is 0 Å². The van der Waals surface area contributed by atoms with E-state index >= 15 is 0 Å². The van der Waals surface area contributed by atoms with Crippen LogP contribution in [-0.4, -0.2) is 44.3 Å². The highest BCUT2D eigenvalue weighted by atomic mass is 16.4.